The molecule has 0 fully saturated rings. The van der Waals surface area contributed by atoms with E-state index < -0.39 is 6.04 Å². The highest BCUT2D eigenvalue weighted by Gasteiger charge is 2.16. The molecule has 0 bridgehead atoms. The average Bonchev–Trinajstić information content (AvgIpc) is 2.39. The number of carbonyl (C=O) groups excluding carboxylic acids is 1. The minimum absolute atomic E-state index is 0.321. The van der Waals surface area contributed by atoms with E-state index in [0.717, 1.165) is 24.3 Å². The average molecular weight is 266 g/mol. The van der Waals surface area contributed by atoms with Crippen molar-refractivity contribution in [2.45, 2.75) is 40.2 Å². The molecule has 19 heavy (non-hydrogen) atoms. The summed E-state index contributed by atoms with van der Waals surface area (Å²) in [7, 11) is 1.37. The second-order valence-corrected chi connectivity index (χ2v) is 4.41. The van der Waals surface area contributed by atoms with Crippen molar-refractivity contribution >= 4 is 17.6 Å². The van der Waals surface area contributed by atoms with E-state index in [0.29, 0.717) is 11.6 Å². The third kappa shape index (κ3) is 4.08. The van der Waals surface area contributed by atoms with Crippen LogP contribution in [0, 0.1) is 13.8 Å². The van der Waals surface area contributed by atoms with Crippen LogP contribution in [0.1, 0.15) is 31.7 Å². The van der Waals surface area contributed by atoms with E-state index in [1.807, 2.05) is 13.8 Å². The van der Waals surface area contributed by atoms with Crippen LogP contribution in [-0.4, -0.2) is 35.6 Å². The Kier molecular flexibility index (Phi) is 5.54. The zero-order chi connectivity index (χ0) is 14.4. The fraction of sp³-hybridized carbons (Fsp3) is 0.615. The van der Waals surface area contributed by atoms with Crippen molar-refractivity contribution in [1.82, 2.24) is 9.97 Å². The lowest BCUT2D eigenvalue weighted by Crippen LogP contribution is -2.28. The van der Waals surface area contributed by atoms with Crippen LogP contribution in [-0.2, 0) is 9.53 Å². The van der Waals surface area contributed by atoms with Crippen molar-refractivity contribution < 1.29 is 9.53 Å². The van der Waals surface area contributed by atoms with Gasteiger partial charge in [-0.05, 0) is 27.2 Å². The molecule has 0 aliphatic rings. The van der Waals surface area contributed by atoms with Crippen molar-refractivity contribution in [2.75, 3.05) is 24.3 Å². The van der Waals surface area contributed by atoms with E-state index in [1.54, 1.807) is 6.92 Å². The lowest BCUT2D eigenvalue weighted by molar-refractivity contribution is -0.141. The number of hydrogen-bond donors (Lipinski definition) is 2. The molecule has 0 saturated carbocycles. The molecule has 1 rings (SSSR count). The molecule has 106 valence electrons. The molecule has 1 heterocycles. The van der Waals surface area contributed by atoms with E-state index >= 15 is 0 Å². The number of hydrogen-bond acceptors (Lipinski definition) is 6. The van der Waals surface area contributed by atoms with Crippen LogP contribution >= 0.6 is 0 Å². The fourth-order valence-electron chi connectivity index (χ4n) is 1.63. The van der Waals surface area contributed by atoms with Gasteiger partial charge in [0, 0.05) is 12.1 Å². The Morgan fingerprint density at radius 1 is 1.32 bits per heavy atom. The number of anilines is 2. The first kappa shape index (κ1) is 15.2. The molecule has 1 aromatic rings. The molecular formula is C13H22N4O2. The molecule has 0 aliphatic heterocycles. The zero-order valence-corrected chi connectivity index (χ0v) is 12.2. The van der Waals surface area contributed by atoms with E-state index in [2.05, 4.69) is 32.3 Å². The van der Waals surface area contributed by atoms with E-state index in [1.165, 1.54) is 7.11 Å². The van der Waals surface area contributed by atoms with Gasteiger partial charge in [-0.15, -0.1) is 0 Å². The number of aromatic nitrogens is 2. The number of methoxy groups -OCH3 is 1. The Labute approximate surface area is 114 Å². The molecule has 1 unspecified atom stereocenters. The molecule has 1 aromatic heterocycles. The van der Waals surface area contributed by atoms with Crippen LogP contribution in [0.4, 0.5) is 11.6 Å². The summed E-state index contributed by atoms with van der Waals surface area (Å²) in [5, 5.41) is 6.31. The van der Waals surface area contributed by atoms with Crippen molar-refractivity contribution in [2.24, 2.45) is 0 Å². The van der Waals surface area contributed by atoms with Gasteiger partial charge in [-0.3, -0.25) is 0 Å². The first-order chi connectivity index (χ1) is 8.99. The maximum Gasteiger partial charge on any atom is 0.328 e. The van der Waals surface area contributed by atoms with Gasteiger partial charge in [0.05, 0.1) is 7.11 Å². The van der Waals surface area contributed by atoms with Crippen LogP contribution in [0.15, 0.2) is 0 Å². The second-order valence-electron chi connectivity index (χ2n) is 4.41. The molecule has 0 amide bonds. The highest BCUT2D eigenvalue weighted by Crippen LogP contribution is 2.20. The first-order valence-electron chi connectivity index (χ1n) is 6.43. The molecule has 0 aromatic carbocycles. The molecular weight excluding hydrogens is 244 g/mol. The summed E-state index contributed by atoms with van der Waals surface area (Å²) in [4.78, 5) is 20.1. The molecule has 6 nitrogen and oxygen atoms in total. The predicted molar refractivity (Wildman–Crippen MR) is 75.4 cm³/mol. The number of ether oxygens (including phenoxy) is 1. The smallest absolute Gasteiger partial charge is 0.328 e. The molecule has 0 aliphatic carbocycles. The van der Waals surface area contributed by atoms with Crippen LogP contribution in [0.25, 0.3) is 0 Å². The van der Waals surface area contributed by atoms with Gasteiger partial charge in [-0.2, -0.15) is 0 Å². The second kappa shape index (κ2) is 6.92. The predicted octanol–water partition coefficient (Wildman–Crippen LogP) is 1.89. The number of esters is 1. The summed E-state index contributed by atoms with van der Waals surface area (Å²) in [5.74, 6) is 1.79. The van der Waals surface area contributed by atoms with Crippen LogP contribution in [0.3, 0.4) is 0 Å². The summed E-state index contributed by atoms with van der Waals surface area (Å²) in [6.45, 7) is 8.42. The third-order valence-electron chi connectivity index (χ3n) is 2.71. The number of rotatable bonds is 6. The Morgan fingerprint density at radius 2 is 1.95 bits per heavy atom. The largest absolute Gasteiger partial charge is 0.467 e. The zero-order valence-electron chi connectivity index (χ0n) is 12.2. The first-order valence-corrected chi connectivity index (χ1v) is 6.43. The van der Waals surface area contributed by atoms with Gasteiger partial charge in [0.25, 0.3) is 0 Å². The van der Waals surface area contributed by atoms with Gasteiger partial charge in [-0.1, -0.05) is 6.92 Å². The summed E-state index contributed by atoms with van der Waals surface area (Å²) >= 11 is 0. The maximum atomic E-state index is 11.4. The molecule has 0 radical (unpaired) electrons. The summed E-state index contributed by atoms with van der Waals surface area (Å²) in [6.07, 6.45) is 1.02. The van der Waals surface area contributed by atoms with Gasteiger partial charge >= 0.3 is 5.97 Å². The van der Waals surface area contributed by atoms with Gasteiger partial charge in [0.1, 0.15) is 23.5 Å². The van der Waals surface area contributed by atoms with E-state index in [4.69, 9.17) is 0 Å². The van der Waals surface area contributed by atoms with Crippen molar-refractivity contribution in [3.63, 3.8) is 0 Å². The Balaban J connectivity index is 2.94. The van der Waals surface area contributed by atoms with Gasteiger partial charge in [0.2, 0.25) is 0 Å². The Hall–Kier alpha value is -1.85. The van der Waals surface area contributed by atoms with Gasteiger partial charge in [-0.25, -0.2) is 14.8 Å². The maximum absolute atomic E-state index is 11.4. The summed E-state index contributed by atoms with van der Waals surface area (Å²) in [5.41, 5.74) is 0.898. The summed E-state index contributed by atoms with van der Waals surface area (Å²) < 4.78 is 4.69. The van der Waals surface area contributed by atoms with Crippen LogP contribution in [0.5, 0.6) is 0 Å². The molecule has 0 saturated heterocycles. The normalized spacial score (nSPS) is 11.8. The lowest BCUT2D eigenvalue weighted by Gasteiger charge is -2.17. The fourth-order valence-corrected chi connectivity index (χ4v) is 1.63. The number of carbonyl (C=O) groups is 1. The van der Waals surface area contributed by atoms with Crippen LogP contribution in [0.2, 0.25) is 0 Å². The van der Waals surface area contributed by atoms with Crippen LogP contribution < -0.4 is 10.6 Å². The van der Waals surface area contributed by atoms with E-state index in [-0.39, 0.29) is 5.97 Å². The lowest BCUT2D eigenvalue weighted by atomic mass is 10.2. The molecule has 1 atom stereocenters. The third-order valence-corrected chi connectivity index (χ3v) is 2.71. The Morgan fingerprint density at radius 3 is 2.53 bits per heavy atom. The van der Waals surface area contributed by atoms with Gasteiger partial charge in [0.15, 0.2) is 0 Å². The molecule has 6 heteroatoms. The Bertz CT molecular complexity index is 449. The van der Waals surface area contributed by atoms with Crippen molar-refractivity contribution in [3.05, 3.63) is 11.4 Å². The van der Waals surface area contributed by atoms with Gasteiger partial charge < -0.3 is 15.4 Å². The number of aryl methyl sites for hydroxylation is 1. The van der Waals surface area contributed by atoms with Crippen molar-refractivity contribution in [3.8, 4) is 0 Å². The summed E-state index contributed by atoms with van der Waals surface area (Å²) in [6, 6.07) is -0.447. The monoisotopic (exact) mass is 266 g/mol. The molecule has 2 N–H and O–H groups in total. The highest BCUT2D eigenvalue weighted by molar-refractivity contribution is 5.78. The topological polar surface area (TPSA) is 76.1 Å². The minimum Gasteiger partial charge on any atom is -0.467 e. The quantitative estimate of drug-likeness (QED) is 0.766. The van der Waals surface area contributed by atoms with E-state index in [9.17, 15) is 4.79 Å². The minimum atomic E-state index is -0.447. The van der Waals surface area contributed by atoms with Crippen molar-refractivity contribution in [1.29, 1.82) is 0 Å². The number of nitrogens with zero attached hydrogens (tertiary/aromatic N) is 2. The number of nitrogens with one attached hydrogen (secondary N) is 2. The molecule has 0 spiro atoms. The highest BCUT2D eigenvalue weighted by atomic mass is 16.5. The SMILES string of the molecule is CCCNc1nc(C)nc(NC(C)C(=O)OC)c1C. The standard InChI is InChI=1S/C13H22N4O2/c1-6-7-14-11-8(2)12(17-10(4)16-11)15-9(3)13(18)19-5/h9H,6-7H2,1-5H3,(H2,14,15,16,17).